The van der Waals surface area contributed by atoms with Crippen molar-refractivity contribution in [3.63, 3.8) is 0 Å². The number of ketones is 2. The van der Waals surface area contributed by atoms with Crippen molar-refractivity contribution in [2.45, 2.75) is 76.0 Å². The Bertz CT molecular complexity index is 3270. The summed E-state index contributed by atoms with van der Waals surface area (Å²) in [5, 5.41) is 0. The van der Waals surface area contributed by atoms with E-state index in [2.05, 4.69) is 6.58 Å². The Morgan fingerprint density at radius 2 is 0.724 bits per heavy atom. The fraction of sp³-hybridized carbons (Fsp3) is 0.321. The summed E-state index contributed by atoms with van der Waals surface area (Å²) in [6.07, 6.45) is 1.67. The monoisotopic (exact) mass is 1140 g/mol. The molecule has 18 nitrogen and oxygen atoms in total. The van der Waals surface area contributed by atoms with Crippen LogP contribution in [-0.4, -0.2) is 127 Å². The van der Waals surface area contributed by atoms with Gasteiger partial charge in [0, 0.05) is 54.0 Å². The van der Waals surface area contributed by atoms with Crippen LogP contribution >= 0.6 is 0 Å². The molecule has 0 heterocycles. The van der Waals surface area contributed by atoms with Crippen LogP contribution in [0.3, 0.4) is 0 Å². The van der Waals surface area contributed by atoms with Gasteiger partial charge in [0.05, 0.1) is 37.9 Å². The third-order valence-corrected chi connectivity index (χ3v) is 16.6. The van der Waals surface area contributed by atoms with E-state index in [1.807, 2.05) is 48.5 Å². The van der Waals surface area contributed by atoms with Gasteiger partial charge in [0.15, 0.2) is 41.1 Å². The normalized spacial score (nSPS) is 11.0. The number of hydrogen-bond acceptors (Lipinski definition) is 16. The van der Waals surface area contributed by atoms with E-state index in [9.17, 15) is 44.4 Å². The van der Waals surface area contributed by atoms with Gasteiger partial charge in [0.1, 0.15) is 0 Å². The largest absolute Gasteiger partial charge is 0.425 e. The van der Waals surface area contributed by atoms with Gasteiger partial charge in [-0.2, -0.15) is 0 Å². The quantitative estimate of drug-likeness (QED) is 0.0528. The van der Waals surface area contributed by atoms with Crippen molar-refractivity contribution < 1.29 is 69.7 Å². The highest BCUT2D eigenvalue weighted by Crippen LogP contribution is 2.24. The van der Waals surface area contributed by atoms with Gasteiger partial charge in [-0.05, 0) is 108 Å². The third-order valence-electron chi connectivity index (χ3n) is 11.2. The highest BCUT2D eigenvalue weighted by Gasteiger charge is 2.33. The summed E-state index contributed by atoms with van der Waals surface area (Å²) < 4.78 is 129. The molecule has 5 rings (SSSR count). The number of benzene rings is 5. The third kappa shape index (κ3) is 21.1. The van der Waals surface area contributed by atoms with E-state index in [1.54, 1.807) is 70.5 Å². The lowest BCUT2D eigenvalue weighted by atomic mass is 9.99. The average Bonchev–Trinajstić information content (AvgIpc) is 3.36. The van der Waals surface area contributed by atoms with Crippen LogP contribution in [0.1, 0.15) is 98.7 Å². The van der Waals surface area contributed by atoms with Crippen LogP contribution < -0.4 is 0 Å². The Balaban J connectivity index is 0.000000470. The van der Waals surface area contributed by atoms with Crippen molar-refractivity contribution in [2.75, 3.05) is 43.4 Å². The molecule has 0 saturated heterocycles. The number of hydrogen-bond donors (Lipinski definition) is 0. The van der Waals surface area contributed by atoms with Crippen molar-refractivity contribution >= 4 is 74.1 Å². The number of sulfone groups is 3. The SMILES string of the molecule is C=C(CS(=O)(=O)c1ccc(C)cc1)C(=O)c1ccc(C(=O)N(CC)CCC)cc1.CCCN(CC)C(=O)c1ccc(C(=O)C(CS(=O)(=O)c2ccc(C)cc2)CS(=O)(=O)c2ccc(C)cc2)cc1.O=S(=O)=O.O=S(=O)=O. The van der Waals surface area contributed by atoms with E-state index >= 15 is 0 Å². The zero-order chi connectivity index (χ0) is 57.6. The molecule has 0 radical (unpaired) electrons. The first kappa shape index (κ1) is 65.3. The maximum atomic E-state index is 13.6. The molecule has 0 fully saturated rings. The summed E-state index contributed by atoms with van der Waals surface area (Å²) >= 11 is 0. The number of carbonyl (C=O) groups is 4. The predicted molar refractivity (Wildman–Crippen MR) is 287 cm³/mol. The minimum Gasteiger partial charge on any atom is -0.339 e. The fourth-order valence-corrected chi connectivity index (χ4v) is 11.8. The van der Waals surface area contributed by atoms with Gasteiger partial charge >= 0.3 is 21.2 Å². The molecule has 0 aromatic heterocycles. The number of rotatable bonds is 21. The van der Waals surface area contributed by atoms with E-state index in [0.29, 0.717) is 42.9 Å². The molecule has 2 amide bonds. The lowest BCUT2D eigenvalue weighted by Crippen LogP contribution is -2.32. The average molecular weight is 1140 g/mol. The molecule has 0 atom stereocenters. The first-order valence-corrected chi connectivity index (χ1v) is 30.5. The van der Waals surface area contributed by atoms with Crippen LogP contribution in [0.2, 0.25) is 0 Å². The van der Waals surface area contributed by atoms with Gasteiger partial charge in [-0.15, -0.1) is 25.3 Å². The molecule has 5 aromatic carbocycles. The van der Waals surface area contributed by atoms with Crippen molar-refractivity contribution in [2.24, 2.45) is 5.92 Å². The fourth-order valence-electron chi connectivity index (χ4n) is 7.23. The van der Waals surface area contributed by atoms with Crippen LogP contribution in [0, 0.1) is 26.7 Å². The van der Waals surface area contributed by atoms with Gasteiger partial charge in [0.2, 0.25) is 0 Å². The first-order chi connectivity index (χ1) is 35.5. The maximum absolute atomic E-state index is 13.6. The summed E-state index contributed by atoms with van der Waals surface area (Å²) in [4.78, 5) is 55.2. The van der Waals surface area contributed by atoms with Gasteiger partial charge < -0.3 is 9.80 Å². The molecule has 410 valence electrons. The van der Waals surface area contributed by atoms with Gasteiger partial charge in [-0.1, -0.05) is 97.8 Å². The molecule has 0 saturated carbocycles. The van der Waals surface area contributed by atoms with E-state index in [1.165, 1.54) is 60.7 Å². The second kappa shape index (κ2) is 30.7. The van der Waals surface area contributed by atoms with Crippen molar-refractivity contribution in [1.29, 1.82) is 0 Å². The molecule has 0 aliphatic carbocycles. The topological polar surface area (TPSA) is 280 Å². The minimum atomic E-state index is -3.98. The summed E-state index contributed by atoms with van der Waals surface area (Å²) in [5.41, 5.74) is 4.04. The molecular formula is C53H62N2O16S5. The summed E-state index contributed by atoms with van der Waals surface area (Å²) in [6.45, 7) is 19.4. The van der Waals surface area contributed by atoms with Gasteiger partial charge in [0.25, 0.3) is 11.8 Å². The molecule has 0 unspecified atom stereocenters. The second-order valence-corrected chi connectivity index (χ2v) is 24.0. The standard InChI is InChI=1S/C30H35NO6S2.C23H27NO4S.2O3S/c1-5-19-31(6-2)30(33)25-13-11-24(12-14-25)29(32)26(20-38(34,35)27-15-7-22(3)8-16-27)21-39(36,37)28-17-9-23(4)10-18-28;1-5-15-24(6-2)23(26)20-11-9-19(10-12-20)22(25)18(4)16-29(27,28)21-13-7-17(3)8-14-21;2*1-4(2)3/h7-18,26H,5-6,19-21H2,1-4H3;7-14H,4-6,15-16H2,1-3H3;;. The number of aryl methyl sites for hydroxylation is 3. The molecule has 0 spiro atoms. The lowest BCUT2D eigenvalue weighted by molar-refractivity contribution is 0.0756. The summed E-state index contributed by atoms with van der Waals surface area (Å²) in [6, 6.07) is 31.1. The van der Waals surface area contributed by atoms with E-state index in [0.717, 1.165) is 29.5 Å². The molecular weight excluding hydrogens is 1080 g/mol. The number of Topliss-reactive ketones (excluding diaryl/α,β-unsaturated/α-hetero) is 2. The number of amides is 2. The van der Waals surface area contributed by atoms with Crippen molar-refractivity contribution in [1.82, 2.24) is 9.80 Å². The van der Waals surface area contributed by atoms with Crippen LogP contribution in [0.5, 0.6) is 0 Å². The zero-order valence-electron chi connectivity index (χ0n) is 43.2. The van der Waals surface area contributed by atoms with E-state index in [4.69, 9.17) is 25.3 Å². The Hall–Kier alpha value is -6.79. The Morgan fingerprint density at radius 3 is 1.01 bits per heavy atom. The molecule has 5 aromatic rings. The van der Waals surface area contributed by atoms with Crippen LogP contribution in [0.15, 0.2) is 148 Å². The molecule has 0 aliphatic heterocycles. The Kier molecular flexibility index (Phi) is 26.4. The second-order valence-electron chi connectivity index (χ2n) is 17.1. The minimum absolute atomic E-state index is 0.00850. The molecule has 23 heteroatoms. The number of nitrogens with zero attached hydrogens (tertiary/aromatic N) is 2. The van der Waals surface area contributed by atoms with Gasteiger partial charge in [-0.25, -0.2) is 25.3 Å². The van der Waals surface area contributed by atoms with E-state index < -0.39 is 85.5 Å². The molecule has 76 heavy (non-hydrogen) atoms. The molecule has 0 bridgehead atoms. The summed E-state index contributed by atoms with van der Waals surface area (Å²) in [5.74, 6) is -4.44. The van der Waals surface area contributed by atoms with Gasteiger partial charge in [-0.3, -0.25) is 19.2 Å². The maximum Gasteiger partial charge on any atom is 0.425 e. The van der Waals surface area contributed by atoms with Crippen LogP contribution in [0.25, 0.3) is 0 Å². The first-order valence-electron chi connectivity index (χ1n) is 23.5. The smallest absolute Gasteiger partial charge is 0.339 e. The lowest BCUT2D eigenvalue weighted by Gasteiger charge is -2.20. The van der Waals surface area contributed by atoms with Crippen molar-refractivity contribution in [3.05, 3.63) is 172 Å². The Morgan fingerprint density at radius 1 is 0.447 bits per heavy atom. The van der Waals surface area contributed by atoms with Crippen LogP contribution in [-0.2, 0) is 50.7 Å². The van der Waals surface area contributed by atoms with E-state index in [-0.39, 0.29) is 37.6 Å². The van der Waals surface area contributed by atoms with Crippen LogP contribution in [0.4, 0.5) is 0 Å². The Labute approximate surface area is 448 Å². The number of carbonyl (C=O) groups excluding carboxylic acids is 4. The highest BCUT2D eigenvalue weighted by atomic mass is 32.2. The van der Waals surface area contributed by atoms with Crippen molar-refractivity contribution in [3.8, 4) is 0 Å². The molecule has 0 aliphatic rings. The predicted octanol–water partition coefficient (Wildman–Crippen LogP) is 6.99. The molecule has 0 N–H and O–H groups in total. The zero-order valence-corrected chi connectivity index (χ0v) is 47.2. The highest BCUT2D eigenvalue weighted by molar-refractivity contribution is 7.92. The summed E-state index contributed by atoms with van der Waals surface area (Å²) in [7, 11) is -17.8.